The number of carboxylic acid groups (broad SMARTS) is 1. The minimum absolute atomic E-state index is 0.0547. The third kappa shape index (κ3) is 2.80. The maximum absolute atomic E-state index is 12.3. The number of rotatable bonds is 1. The van der Waals surface area contributed by atoms with Gasteiger partial charge < -0.3 is 20.2 Å². The molecule has 0 spiro atoms. The molecule has 2 fully saturated rings. The minimum atomic E-state index is -0.878. The Kier molecular flexibility index (Phi) is 3.64. The second-order valence-corrected chi connectivity index (χ2v) is 5.45. The summed E-state index contributed by atoms with van der Waals surface area (Å²) in [5.41, 5.74) is -0.871. The van der Waals surface area contributed by atoms with Crippen molar-refractivity contribution in [3.8, 4) is 0 Å². The Morgan fingerprint density at radius 3 is 2.68 bits per heavy atom. The predicted molar refractivity (Wildman–Crippen MR) is 66.5 cm³/mol. The molecular formula is C12H19N3O4. The van der Waals surface area contributed by atoms with Crippen LogP contribution in [0.15, 0.2) is 0 Å². The molecule has 7 heteroatoms. The van der Waals surface area contributed by atoms with Crippen molar-refractivity contribution in [1.82, 2.24) is 15.1 Å². The van der Waals surface area contributed by atoms with Gasteiger partial charge in [0.2, 0.25) is 5.91 Å². The molecule has 7 nitrogen and oxygen atoms in total. The highest BCUT2D eigenvalue weighted by Gasteiger charge is 2.43. The number of hydrogen-bond donors (Lipinski definition) is 2. The molecule has 2 saturated heterocycles. The topological polar surface area (TPSA) is 89.9 Å². The van der Waals surface area contributed by atoms with E-state index < -0.39 is 11.4 Å². The molecule has 2 aliphatic rings. The van der Waals surface area contributed by atoms with Crippen molar-refractivity contribution >= 4 is 17.9 Å². The maximum atomic E-state index is 12.3. The number of urea groups is 1. The van der Waals surface area contributed by atoms with E-state index >= 15 is 0 Å². The van der Waals surface area contributed by atoms with E-state index in [4.69, 9.17) is 5.11 Å². The molecule has 0 aromatic carbocycles. The predicted octanol–water partition coefficient (Wildman–Crippen LogP) is -0.275. The lowest BCUT2D eigenvalue weighted by Crippen LogP contribution is -2.46. The smallest absolute Gasteiger partial charge is 0.320 e. The van der Waals surface area contributed by atoms with Gasteiger partial charge in [-0.05, 0) is 19.8 Å². The summed E-state index contributed by atoms with van der Waals surface area (Å²) in [6.07, 6.45) is 1.18. The van der Waals surface area contributed by atoms with Crippen molar-refractivity contribution in [2.24, 2.45) is 5.41 Å². The summed E-state index contributed by atoms with van der Waals surface area (Å²) in [4.78, 5) is 37.9. The molecule has 0 bridgehead atoms. The molecule has 2 N–H and O–H groups in total. The molecule has 2 aliphatic heterocycles. The molecular weight excluding hydrogens is 250 g/mol. The van der Waals surface area contributed by atoms with Gasteiger partial charge in [-0.25, -0.2) is 4.79 Å². The Morgan fingerprint density at radius 2 is 2.05 bits per heavy atom. The molecule has 2 heterocycles. The van der Waals surface area contributed by atoms with Gasteiger partial charge in [-0.2, -0.15) is 0 Å². The minimum Gasteiger partial charge on any atom is -0.481 e. The van der Waals surface area contributed by atoms with Crippen molar-refractivity contribution in [3.05, 3.63) is 0 Å². The largest absolute Gasteiger partial charge is 0.481 e. The van der Waals surface area contributed by atoms with Gasteiger partial charge in [0.1, 0.15) is 6.54 Å². The lowest BCUT2D eigenvalue weighted by molar-refractivity contribution is -0.147. The highest BCUT2D eigenvalue weighted by atomic mass is 16.4. The highest BCUT2D eigenvalue weighted by molar-refractivity contribution is 5.85. The molecule has 0 aromatic heterocycles. The first-order valence-electron chi connectivity index (χ1n) is 6.46. The summed E-state index contributed by atoms with van der Waals surface area (Å²) in [5.74, 6) is -1.04. The van der Waals surface area contributed by atoms with Gasteiger partial charge in [0.05, 0.1) is 5.41 Å². The number of hydrogen-bond acceptors (Lipinski definition) is 3. The van der Waals surface area contributed by atoms with Crippen molar-refractivity contribution in [3.63, 3.8) is 0 Å². The van der Waals surface area contributed by atoms with Gasteiger partial charge >= 0.3 is 12.0 Å². The van der Waals surface area contributed by atoms with Crippen molar-refractivity contribution in [2.45, 2.75) is 19.8 Å². The zero-order valence-electron chi connectivity index (χ0n) is 11.0. The Bertz CT molecular complexity index is 412. The fraction of sp³-hybridized carbons (Fsp3) is 0.750. The fourth-order valence-electron chi connectivity index (χ4n) is 2.47. The fourth-order valence-corrected chi connectivity index (χ4v) is 2.47. The number of carbonyl (C=O) groups is 3. The molecule has 0 aromatic rings. The Labute approximate surface area is 111 Å². The summed E-state index contributed by atoms with van der Waals surface area (Å²) >= 11 is 0. The first kappa shape index (κ1) is 13.6. The van der Waals surface area contributed by atoms with Crippen LogP contribution < -0.4 is 5.32 Å². The number of likely N-dealkylation sites (tertiary alicyclic amines) is 1. The second kappa shape index (κ2) is 5.07. The second-order valence-electron chi connectivity index (χ2n) is 5.45. The summed E-state index contributed by atoms with van der Waals surface area (Å²) in [6.45, 7) is 3.45. The van der Waals surface area contributed by atoms with E-state index in [0.717, 1.165) is 6.42 Å². The molecule has 0 saturated carbocycles. The van der Waals surface area contributed by atoms with E-state index in [-0.39, 0.29) is 25.0 Å². The Morgan fingerprint density at radius 1 is 1.32 bits per heavy atom. The Hall–Kier alpha value is -1.79. The molecule has 0 radical (unpaired) electrons. The van der Waals surface area contributed by atoms with Crippen LogP contribution in [-0.2, 0) is 9.59 Å². The lowest BCUT2D eigenvalue weighted by Gasteiger charge is -2.27. The zero-order chi connectivity index (χ0) is 14.0. The first-order valence-corrected chi connectivity index (χ1v) is 6.46. The summed E-state index contributed by atoms with van der Waals surface area (Å²) in [5, 5.41) is 11.9. The van der Waals surface area contributed by atoms with Crippen LogP contribution in [-0.4, -0.2) is 65.5 Å². The van der Waals surface area contributed by atoms with Crippen LogP contribution in [0.4, 0.5) is 4.79 Å². The molecule has 2 rings (SSSR count). The standard InChI is InChI=1S/C12H19N3O4/c1-12(10(17)18)3-6-15(8-12)11(19)14-5-2-4-13-9(16)7-14/h2-8H2,1H3,(H,13,16)(H,17,18). The quantitative estimate of drug-likeness (QED) is 0.685. The van der Waals surface area contributed by atoms with Crippen LogP contribution in [0.2, 0.25) is 0 Å². The van der Waals surface area contributed by atoms with Crippen LogP contribution in [0.1, 0.15) is 19.8 Å². The zero-order valence-corrected chi connectivity index (χ0v) is 11.0. The van der Waals surface area contributed by atoms with E-state index in [0.29, 0.717) is 26.1 Å². The number of carboxylic acids is 1. The molecule has 0 aliphatic carbocycles. The number of nitrogens with one attached hydrogen (secondary N) is 1. The lowest BCUT2D eigenvalue weighted by atomic mass is 9.90. The summed E-state index contributed by atoms with van der Waals surface area (Å²) < 4.78 is 0. The molecule has 106 valence electrons. The van der Waals surface area contributed by atoms with Crippen LogP contribution in [0.25, 0.3) is 0 Å². The van der Waals surface area contributed by atoms with Gasteiger partial charge in [0.25, 0.3) is 0 Å². The molecule has 3 amide bonds. The third-order valence-corrected chi connectivity index (χ3v) is 3.79. The van der Waals surface area contributed by atoms with E-state index in [1.54, 1.807) is 6.92 Å². The number of carbonyl (C=O) groups excluding carboxylic acids is 2. The Balaban J connectivity index is 2.00. The third-order valence-electron chi connectivity index (χ3n) is 3.79. The van der Waals surface area contributed by atoms with Gasteiger partial charge in [0.15, 0.2) is 0 Å². The van der Waals surface area contributed by atoms with Crippen LogP contribution >= 0.6 is 0 Å². The van der Waals surface area contributed by atoms with Crippen molar-refractivity contribution < 1.29 is 19.5 Å². The molecule has 1 atom stereocenters. The average molecular weight is 269 g/mol. The van der Waals surface area contributed by atoms with E-state index in [1.165, 1.54) is 9.80 Å². The van der Waals surface area contributed by atoms with Crippen LogP contribution in [0.5, 0.6) is 0 Å². The SMILES string of the molecule is CC1(C(=O)O)CCN(C(=O)N2CCCNC(=O)C2)C1. The molecule has 19 heavy (non-hydrogen) atoms. The highest BCUT2D eigenvalue weighted by Crippen LogP contribution is 2.30. The van der Waals surface area contributed by atoms with E-state index in [1.807, 2.05) is 0 Å². The van der Waals surface area contributed by atoms with Gasteiger partial charge in [-0.3, -0.25) is 9.59 Å². The number of nitrogens with zero attached hydrogens (tertiary/aromatic N) is 2. The normalized spacial score (nSPS) is 27.9. The van der Waals surface area contributed by atoms with Crippen molar-refractivity contribution in [2.75, 3.05) is 32.7 Å². The van der Waals surface area contributed by atoms with E-state index in [2.05, 4.69) is 5.32 Å². The van der Waals surface area contributed by atoms with Crippen LogP contribution in [0, 0.1) is 5.41 Å². The number of aliphatic carboxylic acids is 1. The maximum Gasteiger partial charge on any atom is 0.320 e. The van der Waals surface area contributed by atoms with Crippen LogP contribution in [0.3, 0.4) is 0 Å². The number of amides is 3. The average Bonchev–Trinajstić information content (AvgIpc) is 2.63. The first-order chi connectivity index (χ1) is 8.92. The van der Waals surface area contributed by atoms with Crippen molar-refractivity contribution in [1.29, 1.82) is 0 Å². The summed E-state index contributed by atoms with van der Waals surface area (Å²) in [7, 11) is 0. The van der Waals surface area contributed by atoms with Gasteiger partial charge in [0, 0.05) is 26.2 Å². The monoisotopic (exact) mass is 269 g/mol. The van der Waals surface area contributed by atoms with Gasteiger partial charge in [-0.1, -0.05) is 0 Å². The molecule has 1 unspecified atom stereocenters. The summed E-state index contributed by atoms with van der Waals surface area (Å²) in [6, 6.07) is -0.234. The van der Waals surface area contributed by atoms with E-state index in [9.17, 15) is 14.4 Å². The van der Waals surface area contributed by atoms with Gasteiger partial charge in [-0.15, -0.1) is 0 Å².